The molecule has 0 amide bonds. The lowest BCUT2D eigenvalue weighted by Gasteiger charge is -2.64. The minimum atomic E-state index is -0.820. The maximum atomic E-state index is 11.0. The van der Waals surface area contributed by atoms with Gasteiger partial charge in [0, 0.05) is 25.1 Å². The van der Waals surface area contributed by atoms with Crippen molar-refractivity contribution in [3.8, 4) is 5.88 Å². The molecule has 3 saturated heterocycles. The van der Waals surface area contributed by atoms with E-state index in [4.69, 9.17) is 24.9 Å². The number of methoxy groups -OCH3 is 1. The number of pyridine rings is 1. The number of piperidine rings is 3. The SMILES string of the molecule is [B-][N+]12CCC(CC1)C(O)(CNC(=S)Nc1nc3ccc(OC)nc3s1)C2. The molecular weight excluding hydrogens is 369 g/mol. The lowest BCUT2D eigenvalue weighted by molar-refractivity contribution is -0.846. The zero-order valence-corrected chi connectivity index (χ0v) is 16.2. The Morgan fingerprint density at radius 2 is 2.23 bits per heavy atom. The third-order valence-corrected chi connectivity index (χ3v) is 6.54. The van der Waals surface area contributed by atoms with Gasteiger partial charge in [0.15, 0.2) is 10.2 Å². The fourth-order valence-electron chi connectivity index (χ4n) is 3.99. The Morgan fingerprint density at radius 3 is 2.92 bits per heavy atom. The van der Waals surface area contributed by atoms with E-state index in [-0.39, 0.29) is 5.92 Å². The predicted octanol–water partition coefficient (Wildman–Crippen LogP) is 1.04. The molecule has 2 aromatic rings. The Kier molecular flexibility index (Phi) is 4.54. The van der Waals surface area contributed by atoms with Crippen molar-refractivity contribution in [2.45, 2.75) is 18.4 Å². The van der Waals surface area contributed by atoms with Gasteiger partial charge in [-0.15, -0.1) is 0 Å². The first-order valence-corrected chi connectivity index (χ1v) is 9.85. The maximum absolute atomic E-state index is 11.0. The summed E-state index contributed by atoms with van der Waals surface area (Å²) in [6.07, 6.45) is 1.92. The van der Waals surface area contributed by atoms with Crippen molar-refractivity contribution in [2.75, 3.05) is 38.6 Å². The standard InChI is InChI=1S/C16H20BN5O2S2/c1-24-12-3-2-11-13(20-12)26-15(19-11)21-14(25)18-8-16(23)9-22(17)6-4-10(16)5-7-22/h2-3,10,23H,4-9H2,1H3,(H-,18,19,21,25)/q-1/p+1. The monoisotopic (exact) mass is 390 g/mol. The Balaban J connectivity index is 1.38. The quantitative estimate of drug-likeness (QED) is 0.532. The summed E-state index contributed by atoms with van der Waals surface area (Å²) in [7, 11) is 7.93. The van der Waals surface area contributed by atoms with Gasteiger partial charge < -0.3 is 24.9 Å². The van der Waals surface area contributed by atoms with Gasteiger partial charge in [-0.05, 0) is 31.1 Å². The number of anilines is 1. The maximum Gasteiger partial charge on any atom is 0.214 e. The highest BCUT2D eigenvalue weighted by Crippen LogP contribution is 2.38. The zero-order valence-electron chi connectivity index (χ0n) is 14.6. The van der Waals surface area contributed by atoms with E-state index in [9.17, 15) is 5.11 Å². The van der Waals surface area contributed by atoms with Crippen molar-refractivity contribution in [1.29, 1.82) is 0 Å². The van der Waals surface area contributed by atoms with E-state index >= 15 is 0 Å². The van der Waals surface area contributed by atoms with E-state index in [1.165, 1.54) is 11.3 Å². The summed E-state index contributed by atoms with van der Waals surface area (Å²) < 4.78 is 5.59. The minimum Gasteiger partial charge on any atom is -0.586 e. The van der Waals surface area contributed by atoms with Gasteiger partial charge in [-0.1, -0.05) is 11.3 Å². The summed E-state index contributed by atoms with van der Waals surface area (Å²) in [6, 6.07) is 3.64. The number of thiazole rings is 1. The topological polar surface area (TPSA) is 79.3 Å². The Bertz CT molecular complexity index is 839. The highest BCUT2D eigenvalue weighted by atomic mass is 32.1. The van der Waals surface area contributed by atoms with Gasteiger partial charge in [0.2, 0.25) is 5.88 Å². The van der Waals surface area contributed by atoms with E-state index in [1.54, 1.807) is 13.2 Å². The fraction of sp³-hybridized carbons (Fsp3) is 0.562. The second-order valence-electron chi connectivity index (χ2n) is 7.21. The molecule has 0 aromatic carbocycles. The second-order valence-corrected chi connectivity index (χ2v) is 8.59. The Hall–Kier alpha value is -1.49. The van der Waals surface area contributed by atoms with Crippen molar-refractivity contribution in [3.05, 3.63) is 12.1 Å². The van der Waals surface area contributed by atoms with Crippen molar-refractivity contribution in [2.24, 2.45) is 5.92 Å². The largest absolute Gasteiger partial charge is 0.586 e. The molecule has 7 nitrogen and oxygen atoms in total. The van der Waals surface area contributed by atoms with Crippen LogP contribution in [0.1, 0.15) is 12.8 Å². The molecule has 3 aliphatic rings. The van der Waals surface area contributed by atoms with Crippen molar-refractivity contribution < 1.29 is 14.2 Å². The molecule has 137 valence electrons. The van der Waals surface area contributed by atoms with Gasteiger partial charge >= 0.3 is 0 Å². The molecule has 3 N–H and O–H groups in total. The van der Waals surface area contributed by atoms with Crippen LogP contribution in [-0.4, -0.2) is 71.5 Å². The van der Waals surface area contributed by atoms with Crippen LogP contribution in [-0.2, 0) is 0 Å². The number of fused-ring (bicyclic) bond motifs is 4. The zero-order chi connectivity index (χ0) is 18.4. The number of nitrogens with one attached hydrogen (secondary N) is 2. The van der Waals surface area contributed by atoms with Gasteiger partial charge in [0.25, 0.3) is 0 Å². The van der Waals surface area contributed by atoms with Gasteiger partial charge in [-0.3, -0.25) is 0 Å². The smallest absolute Gasteiger partial charge is 0.214 e. The van der Waals surface area contributed by atoms with Crippen LogP contribution in [0.3, 0.4) is 0 Å². The number of quaternary nitrogens is 1. The molecule has 5 heterocycles. The van der Waals surface area contributed by atoms with Crippen molar-refractivity contribution >= 4 is 52.1 Å². The predicted molar refractivity (Wildman–Crippen MR) is 106 cm³/mol. The van der Waals surface area contributed by atoms with Crippen LogP contribution >= 0.6 is 23.6 Å². The molecule has 0 aliphatic carbocycles. The van der Waals surface area contributed by atoms with E-state index in [0.717, 1.165) is 36.3 Å². The third-order valence-electron chi connectivity index (χ3n) is 5.41. The van der Waals surface area contributed by atoms with Gasteiger partial charge in [0.1, 0.15) is 15.9 Å². The molecule has 2 aromatic heterocycles. The van der Waals surface area contributed by atoms with Crippen LogP contribution in [0.4, 0.5) is 5.13 Å². The first kappa shape index (κ1) is 17.9. The highest BCUT2D eigenvalue weighted by Gasteiger charge is 2.48. The summed E-state index contributed by atoms with van der Waals surface area (Å²) in [5, 5.41) is 18.3. The molecule has 10 heteroatoms. The summed E-state index contributed by atoms with van der Waals surface area (Å²) in [5.74, 6) is 0.831. The minimum absolute atomic E-state index is 0.278. The molecule has 3 fully saturated rings. The first-order chi connectivity index (χ1) is 12.4. The van der Waals surface area contributed by atoms with Crippen LogP contribution in [0, 0.1) is 5.92 Å². The summed E-state index contributed by atoms with van der Waals surface area (Å²) in [5.41, 5.74) is -0.0360. The van der Waals surface area contributed by atoms with Crippen molar-refractivity contribution in [1.82, 2.24) is 15.3 Å². The number of hydrogen-bond donors (Lipinski definition) is 3. The van der Waals surface area contributed by atoms with E-state index < -0.39 is 5.60 Å². The first-order valence-electron chi connectivity index (χ1n) is 8.63. The average molecular weight is 390 g/mol. The molecule has 1 unspecified atom stereocenters. The fourth-order valence-corrected chi connectivity index (χ4v) is 5.06. The summed E-state index contributed by atoms with van der Waals surface area (Å²) >= 11 is 6.77. The molecule has 0 spiro atoms. The van der Waals surface area contributed by atoms with E-state index in [1.807, 2.05) is 6.07 Å². The van der Waals surface area contributed by atoms with Crippen LogP contribution < -0.4 is 15.4 Å². The van der Waals surface area contributed by atoms with Crippen molar-refractivity contribution in [3.63, 3.8) is 0 Å². The molecule has 2 bridgehead atoms. The molecule has 3 radical (unpaired) electrons. The van der Waals surface area contributed by atoms with Gasteiger partial charge in [0.05, 0.1) is 20.2 Å². The molecule has 3 aliphatic heterocycles. The van der Waals surface area contributed by atoms with Crippen LogP contribution in [0.25, 0.3) is 10.3 Å². The molecule has 5 rings (SSSR count). The molecular formula is C16H21BN5O2S2. The summed E-state index contributed by atoms with van der Waals surface area (Å²) in [4.78, 5) is 9.60. The number of aliphatic hydroxyl groups is 1. The molecule has 26 heavy (non-hydrogen) atoms. The summed E-state index contributed by atoms with van der Waals surface area (Å²) in [6.45, 7) is 2.84. The van der Waals surface area contributed by atoms with E-state index in [2.05, 4.69) is 20.6 Å². The number of aromatic nitrogens is 2. The Morgan fingerprint density at radius 1 is 1.46 bits per heavy atom. The number of rotatable bonds is 4. The number of nitrogens with zero attached hydrogens (tertiary/aromatic N) is 3. The highest BCUT2D eigenvalue weighted by molar-refractivity contribution is 7.80. The number of hydrogen-bond acceptors (Lipinski definition) is 6. The van der Waals surface area contributed by atoms with Gasteiger partial charge in [-0.2, -0.15) is 0 Å². The Labute approximate surface area is 162 Å². The molecule has 0 saturated carbocycles. The third kappa shape index (κ3) is 3.38. The average Bonchev–Trinajstić information content (AvgIpc) is 3.01. The lowest BCUT2D eigenvalue weighted by Crippen LogP contribution is -2.70. The number of ether oxygens (including phenoxy) is 1. The normalized spacial score (nSPS) is 30.3. The van der Waals surface area contributed by atoms with Crippen LogP contribution in [0.2, 0.25) is 0 Å². The van der Waals surface area contributed by atoms with E-state index in [0.29, 0.717) is 33.6 Å². The second kappa shape index (κ2) is 6.59. The van der Waals surface area contributed by atoms with Crippen LogP contribution in [0.5, 0.6) is 5.88 Å². The lowest BCUT2D eigenvalue weighted by atomic mass is 9.72. The van der Waals surface area contributed by atoms with Gasteiger partial charge in [-0.25, -0.2) is 17.9 Å². The van der Waals surface area contributed by atoms with Crippen LogP contribution in [0.15, 0.2) is 12.1 Å². The molecule has 1 atom stereocenters. The number of thiocarbonyl (C=S) groups is 1.